The Balaban J connectivity index is 2.19. The number of carboxylic acid groups (broad SMARTS) is 1. The maximum Gasteiger partial charge on any atom is 0.337 e. The van der Waals surface area contributed by atoms with Crippen LogP contribution < -0.4 is 5.32 Å². The molecule has 1 aromatic heterocycles. The summed E-state index contributed by atoms with van der Waals surface area (Å²) in [5, 5.41) is 15.4. The van der Waals surface area contributed by atoms with Crippen LogP contribution in [0.15, 0.2) is 29.8 Å². The summed E-state index contributed by atoms with van der Waals surface area (Å²) in [5.74, 6) is -1.02. The molecule has 0 amide bonds. The number of halogens is 1. The summed E-state index contributed by atoms with van der Waals surface area (Å²) in [6.07, 6.45) is 2.65. The van der Waals surface area contributed by atoms with Crippen molar-refractivity contribution in [3.05, 3.63) is 45.4 Å². The minimum atomic E-state index is -1.02. The van der Waals surface area contributed by atoms with E-state index in [0.29, 0.717) is 0 Å². The molecule has 6 heteroatoms. The monoisotopic (exact) mass is 296 g/mol. The van der Waals surface area contributed by atoms with E-state index in [1.807, 2.05) is 5.38 Å². The maximum atomic E-state index is 10.9. The Hall–Kier alpha value is -1.59. The average molecular weight is 297 g/mol. The molecule has 0 saturated heterocycles. The fourth-order valence-corrected chi connectivity index (χ4v) is 2.76. The van der Waals surface area contributed by atoms with E-state index in [-0.39, 0.29) is 16.6 Å². The summed E-state index contributed by atoms with van der Waals surface area (Å²) in [6.45, 7) is 2.06. The van der Waals surface area contributed by atoms with E-state index in [2.05, 4.69) is 17.2 Å². The molecule has 0 radical (unpaired) electrons. The van der Waals surface area contributed by atoms with Crippen LogP contribution >= 0.6 is 22.9 Å². The lowest BCUT2D eigenvalue weighted by atomic mass is 10.1. The van der Waals surface area contributed by atoms with Crippen molar-refractivity contribution in [3.63, 3.8) is 0 Å². The SMILES string of the molecule is CCC(Nc1ccc(C(=O)O)c(Cl)c1)c1nccs1. The zero-order chi connectivity index (χ0) is 13.8. The standard InChI is InChI=1S/C13H13ClN2O2S/c1-2-11(12-15-5-6-19-12)16-8-3-4-9(13(17)18)10(14)7-8/h3-7,11,16H,2H2,1H3,(H,17,18). The number of thiazole rings is 1. The lowest BCUT2D eigenvalue weighted by Crippen LogP contribution is -2.09. The first kappa shape index (κ1) is 13.8. The smallest absolute Gasteiger partial charge is 0.337 e. The highest BCUT2D eigenvalue weighted by atomic mass is 35.5. The maximum absolute atomic E-state index is 10.9. The van der Waals surface area contributed by atoms with Crippen LogP contribution in [0.1, 0.15) is 34.8 Å². The molecular weight excluding hydrogens is 284 g/mol. The van der Waals surface area contributed by atoms with Crippen molar-refractivity contribution >= 4 is 34.6 Å². The van der Waals surface area contributed by atoms with Gasteiger partial charge in [0, 0.05) is 17.3 Å². The highest BCUT2D eigenvalue weighted by Crippen LogP contribution is 2.27. The Kier molecular flexibility index (Phi) is 4.39. The third-order valence-electron chi connectivity index (χ3n) is 2.70. The van der Waals surface area contributed by atoms with Crippen molar-refractivity contribution in [2.24, 2.45) is 0 Å². The van der Waals surface area contributed by atoms with Gasteiger partial charge in [-0.05, 0) is 24.6 Å². The molecular formula is C13H13ClN2O2S. The van der Waals surface area contributed by atoms with E-state index < -0.39 is 5.97 Å². The van der Waals surface area contributed by atoms with Crippen LogP contribution in [0.3, 0.4) is 0 Å². The zero-order valence-corrected chi connectivity index (χ0v) is 11.8. The molecule has 1 unspecified atom stereocenters. The average Bonchev–Trinajstić information content (AvgIpc) is 2.89. The second-order valence-corrected chi connectivity index (χ2v) is 5.31. The molecule has 0 bridgehead atoms. The second-order valence-electron chi connectivity index (χ2n) is 3.98. The lowest BCUT2D eigenvalue weighted by molar-refractivity contribution is 0.0697. The topological polar surface area (TPSA) is 62.2 Å². The summed E-state index contributed by atoms with van der Waals surface area (Å²) >= 11 is 7.53. The van der Waals surface area contributed by atoms with Gasteiger partial charge < -0.3 is 10.4 Å². The lowest BCUT2D eigenvalue weighted by Gasteiger charge is -2.16. The fourth-order valence-electron chi connectivity index (χ4n) is 1.72. The first-order chi connectivity index (χ1) is 9.11. The number of rotatable bonds is 5. The van der Waals surface area contributed by atoms with Crippen molar-refractivity contribution in [2.45, 2.75) is 19.4 Å². The largest absolute Gasteiger partial charge is 0.478 e. The molecule has 1 aromatic carbocycles. The Morgan fingerprint density at radius 3 is 2.89 bits per heavy atom. The number of aromatic carboxylic acids is 1. The van der Waals surface area contributed by atoms with Crippen molar-refractivity contribution < 1.29 is 9.90 Å². The number of hydrogen-bond acceptors (Lipinski definition) is 4. The van der Waals surface area contributed by atoms with E-state index in [1.54, 1.807) is 29.7 Å². The van der Waals surface area contributed by atoms with Gasteiger partial charge in [-0.25, -0.2) is 9.78 Å². The van der Waals surface area contributed by atoms with E-state index >= 15 is 0 Å². The van der Waals surface area contributed by atoms with Crippen LogP contribution in [0, 0.1) is 0 Å². The third kappa shape index (κ3) is 3.24. The minimum Gasteiger partial charge on any atom is -0.478 e. The second kappa shape index (κ2) is 6.04. The predicted molar refractivity (Wildman–Crippen MR) is 77.2 cm³/mol. The van der Waals surface area contributed by atoms with Gasteiger partial charge in [-0.3, -0.25) is 0 Å². The number of nitrogens with one attached hydrogen (secondary N) is 1. The molecule has 2 N–H and O–H groups in total. The number of anilines is 1. The molecule has 0 spiro atoms. The van der Waals surface area contributed by atoms with Gasteiger partial charge in [-0.2, -0.15) is 0 Å². The zero-order valence-electron chi connectivity index (χ0n) is 10.3. The van der Waals surface area contributed by atoms with Gasteiger partial charge >= 0.3 is 5.97 Å². The minimum absolute atomic E-state index is 0.103. The van der Waals surface area contributed by atoms with E-state index in [0.717, 1.165) is 17.1 Å². The number of carbonyl (C=O) groups is 1. The first-order valence-electron chi connectivity index (χ1n) is 5.80. The number of carboxylic acids is 1. The summed E-state index contributed by atoms with van der Waals surface area (Å²) < 4.78 is 0. The summed E-state index contributed by atoms with van der Waals surface area (Å²) in [5.41, 5.74) is 0.895. The third-order valence-corrected chi connectivity index (χ3v) is 3.90. The summed E-state index contributed by atoms with van der Waals surface area (Å²) in [7, 11) is 0. The molecule has 4 nitrogen and oxygen atoms in total. The number of hydrogen-bond donors (Lipinski definition) is 2. The molecule has 0 aliphatic carbocycles. The molecule has 2 aromatic rings. The van der Waals surface area contributed by atoms with Gasteiger partial charge in [0.1, 0.15) is 5.01 Å². The highest BCUT2D eigenvalue weighted by Gasteiger charge is 2.13. The van der Waals surface area contributed by atoms with Gasteiger partial charge in [0.05, 0.1) is 16.6 Å². The molecule has 0 saturated carbocycles. The first-order valence-corrected chi connectivity index (χ1v) is 7.06. The number of benzene rings is 1. The van der Waals surface area contributed by atoms with Crippen LogP contribution in [0.25, 0.3) is 0 Å². The Morgan fingerprint density at radius 1 is 1.58 bits per heavy atom. The van der Waals surface area contributed by atoms with Crippen molar-refractivity contribution in [1.29, 1.82) is 0 Å². The summed E-state index contributed by atoms with van der Waals surface area (Å²) in [4.78, 5) is 15.2. The van der Waals surface area contributed by atoms with Crippen LogP contribution in [0.4, 0.5) is 5.69 Å². The molecule has 19 heavy (non-hydrogen) atoms. The Morgan fingerprint density at radius 2 is 2.37 bits per heavy atom. The molecule has 0 aliphatic heterocycles. The molecule has 1 atom stereocenters. The van der Waals surface area contributed by atoms with Crippen LogP contribution in [0.2, 0.25) is 5.02 Å². The fraction of sp³-hybridized carbons (Fsp3) is 0.231. The van der Waals surface area contributed by atoms with Crippen LogP contribution in [-0.4, -0.2) is 16.1 Å². The molecule has 1 heterocycles. The van der Waals surface area contributed by atoms with E-state index in [1.165, 1.54) is 6.07 Å². The van der Waals surface area contributed by atoms with Gasteiger partial charge in [0.2, 0.25) is 0 Å². The van der Waals surface area contributed by atoms with E-state index in [9.17, 15) is 4.79 Å². The van der Waals surface area contributed by atoms with Gasteiger partial charge in [-0.15, -0.1) is 11.3 Å². The van der Waals surface area contributed by atoms with Crippen molar-refractivity contribution in [3.8, 4) is 0 Å². The molecule has 0 fully saturated rings. The molecule has 0 aliphatic rings. The molecule has 2 rings (SSSR count). The number of nitrogens with zero attached hydrogens (tertiary/aromatic N) is 1. The Labute approximate surface area is 120 Å². The van der Waals surface area contributed by atoms with Crippen molar-refractivity contribution in [1.82, 2.24) is 4.98 Å². The van der Waals surface area contributed by atoms with Gasteiger partial charge in [0.15, 0.2) is 0 Å². The van der Waals surface area contributed by atoms with Crippen LogP contribution in [-0.2, 0) is 0 Å². The van der Waals surface area contributed by atoms with E-state index in [4.69, 9.17) is 16.7 Å². The van der Waals surface area contributed by atoms with Crippen molar-refractivity contribution in [2.75, 3.05) is 5.32 Å². The van der Waals surface area contributed by atoms with Crippen LogP contribution in [0.5, 0.6) is 0 Å². The number of aromatic nitrogens is 1. The Bertz CT molecular complexity index is 572. The van der Waals surface area contributed by atoms with Gasteiger partial charge in [0.25, 0.3) is 0 Å². The predicted octanol–water partition coefficient (Wildman–Crippen LogP) is 4.06. The molecule has 100 valence electrons. The normalized spacial score (nSPS) is 12.1. The summed E-state index contributed by atoms with van der Waals surface area (Å²) in [6, 6.07) is 4.95. The highest BCUT2D eigenvalue weighted by molar-refractivity contribution is 7.09. The van der Waals surface area contributed by atoms with Gasteiger partial charge in [-0.1, -0.05) is 18.5 Å². The quantitative estimate of drug-likeness (QED) is 0.873.